The van der Waals surface area contributed by atoms with E-state index in [9.17, 15) is 21.6 Å². The van der Waals surface area contributed by atoms with Crippen LogP contribution in [0.2, 0.25) is 0 Å². The normalized spacial score (nSPS) is 21.4. The summed E-state index contributed by atoms with van der Waals surface area (Å²) in [5.41, 5.74) is 0.803. The van der Waals surface area contributed by atoms with Crippen molar-refractivity contribution < 1.29 is 21.6 Å². The van der Waals surface area contributed by atoms with Gasteiger partial charge in [-0.15, -0.1) is 0 Å². The summed E-state index contributed by atoms with van der Waals surface area (Å²) in [5.74, 6) is 0.160. The SMILES string of the molecule is O=C(CN(Cc1ccccc1)S(=O)(=O)c1ccccc1)N1CCN([C@@H]2CCS(=O)(=O)C2)CC1. The molecule has 1 amide bonds. The summed E-state index contributed by atoms with van der Waals surface area (Å²) < 4.78 is 51.5. The Bertz CT molecular complexity index is 1160. The minimum absolute atomic E-state index is 0.0142. The summed E-state index contributed by atoms with van der Waals surface area (Å²) >= 11 is 0. The Kier molecular flexibility index (Phi) is 7.18. The van der Waals surface area contributed by atoms with Gasteiger partial charge in [-0.2, -0.15) is 4.31 Å². The van der Waals surface area contributed by atoms with Crippen LogP contribution in [-0.2, 0) is 31.2 Å². The first-order chi connectivity index (χ1) is 15.7. The zero-order valence-corrected chi connectivity index (χ0v) is 20.0. The van der Waals surface area contributed by atoms with Gasteiger partial charge in [0.15, 0.2) is 9.84 Å². The van der Waals surface area contributed by atoms with E-state index in [0.29, 0.717) is 32.6 Å². The highest BCUT2D eigenvalue weighted by Crippen LogP contribution is 2.21. The number of benzene rings is 2. The molecule has 2 fully saturated rings. The lowest BCUT2D eigenvalue weighted by Crippen LogP contribution is -2.54. The molecule has 4 rings (SSSR count). The quantitative estimate of drug-likeness (QED) is 0.578. The van der Waals surface area contributed by atoms with Gasteiger partial charge in [-0.1, -0.05) is 48.5 Å². The third-order valence-electron chi connectivity index (χ3n) is 6.29. The maximum absolute atomic E-state index is 13.3. The molecular formula is C23H29N3O5S2. The van der Waals surface area contributed by atoms with E-state index in [2.05, 4.69) is 4.90 Å². The van der Waals surface area contributed by atoms with Crippen LogP contribution in [0.3, 0.4) is 0 Å². The summed E-state index contributed by atoms with van der Waals surface area (Å²) in [6.07, 6.45) is 0.635. The number of hydrogen-bond donors (Lipinski definition) is 0. The van der Waals surface area contributed by atoms with E-state index in [4.69, 9.17) is 0 Å². The van der Waals surface area contributed by atoms with Crippen molar-refractivity contribution in [2.75, 3.05) is 44.2 Å². The number of nitrogens with zero attached hydrogens (tertiary/aromatic N) is 3. The lowest BCUT2D eigenvalue weighted by Gasteiger charge is -2.38. The highest BCUT2D eigenvalue weighted by Gasteiger charge is 2.35. The summed E-state index contributed by atoms with van der Waals surface area (Å²) in [6, 6.07) is 17.4. The van der Waals surface area contributed by atoms with E-state index in [1.54, 1.807) is 23.1 Å². The van der Waals surface area contributed by atoms with E-state index in [-0.39, 0.29) is 41.4 Å². The average molecular weight is 492 g/mol. The van der Waals surface area contributed by atoms with E-state index >= 15 is 0 Å². The molecule has 2 heterocycles. The maximum atomic E-state index is 13.3. The molecule has 0 aliphatic carbocycles. The molecule has 2 aliphatic rings. The molecule has 2 aromatic carbocycles. The smallest absolute Gasteiger partial charge is 0.243 e. The summed E-state index contributed by atoms with van der Waals surface area (Å²) in [6.45, 7) is 1.96. The van der Waals surface area contributed by atoms with Crippen molar-refractivity contribution in [1.29, 1.82) is 0 Å². The summed E-state index contributed by atoms with van der Waals surface area (Å²) in [7, 11) is -6.82. The van der Waals surface area contributed by atoms with Gasteiger partial charge in [-0.3, -0.25) is 9.69 Å². The first-order valence-corrected chi connectivity index (χ1v) is 14.3. The molecule has 0 N–H and O–H groups in total. The number of sulfone groups is 1. The van der Waals surface area contributed by atoms with Crippen LogP contribution in [0.5, 0.6) is 0 Å². The predicted molar refractivity (Wildman–Crippen MR) is 126 cm³/mol. The first-order valence-electron chi connectivity index (χ1n) is 11.1. The van der Waals surface area contributed by atoms with Gasteiger partial charge >= 0.3 is 0 Å². The van der Waals surface area contributed by atoms with E-state index in [1.165, 1.54) is 16.4 Å². The molecular weight excluding hydrogens is 462 g/mol. The van der Waals surface area contributed by atoms with Gasteiger partial charge in [0.05, 0.1) is 22.9 Å². The molecule has 2 aliphatic heterocycles. The predicted octanol–water partition coefficient (Wildman–Crippen LogP) is 1.21. The van der Waals surface area contributed by atoms with E-state index in [0.717, 1.165) is 5.56 Å². The second-order valence-corrected chi connectivity index (χ2v) is 12.7. The van der Waals surface area contributed by atoms with E-state index < -0.39 is 19.9 Å². The molecule has 178 valence electrons. The number of amides is 1. The Morgan fingerprint density at radius 3 is 2.12 bits per heavy atom. The topological polar surface area (TPSA) is 95.1 Å². The third kappa shape index (κ3) is 5.81. The number of carbonyl (C=O) groups excluding carboxylic acids is 1. The van der Waals surface area contributed by atoms with Gasteiger partial charge in [-0.25, -0.2) is 16.8 Å². The van der Waals surface area contributed by atoms with Crippen LogP contribution in [0.4, 0.5) is 0 Å². The first kappa shape index (κ1) is 23.9. The summed E-state index contributed by atoms with van der Waals surface area (Å²) in [4.78, 5) is 17.1. The lowest BCUT2D eigenvalue weighted by atomic mass is 10.2. The number of sulfonamides is 1. The third-order valence-corrected chi connectivity index (χ3v) is 9.84. The second kappa shape index (κ2) is 9.92. The number of rotatable bonds is 7. The number of piperazine rings is 1. The van der Waals surface area contributed by atoms with Crippen LogP contribution in [0.15, 0.2) is 65.6 Å². The van der Waals surface area contributed by atoms with Crippen molar-refractivity contribution in [3.05, 3.63) is 66.2 Å². The van der Waals surface area contributed by atoms with Crippen LogP contribution < -0.4 is 0 Å². The molecule has 0 radical (unpaired) electrons. The highest BCUT2D eigenvalue weighted by molar-refractivity contribution is 7.91. The van der Waals surface area contributed by atoms with Crippen molar-refractivity contribution in [1.82, 2.24) is 14.1 Å². The summed E-state index contributed by atoms with van der Waals surface area (Å²) in [5, 5.41) is 0. The van der Waals surface area contributed by atoms with Crippen molar-refractivity contribution in [3.63, 3.8) is 0 Å². The maximum Gasteiger partial charge on any atom is 0.243 e. The molecule has 0 unspecified atom stereocenters. The largest absolute Gasteiger partial charge is 0.339 e. The molecule has 0 aromatic heterocycles. The fourth-order valence-electron chi connectivity index (χ4n) is 4.41. The van der Waals surface area contributed by atoms with Crippen LogP contribution in [0, 0.1) is 0 Å². The minimum Gasteiger partial charge on any atom is -0.339 e. The fraction of sp³-hybridized carbons (Fsp3) is 0.435. The molecule has 0 saturated carbocycles. The Morgan fingerprint density at radius 1 is 0.939 bits per heavy atom. The van der Waals surface area contributed by atoms with Crippen molar-refractivity contribution >= 4 is 25.8 Å². The highest BCUT2D eigenvalue weighted by atomic mass is 32.2. The van der Waals surface area contributed by atoms with Crippen LogP contribution in [0.25, 0.3) is 0 Å². The number of carbonyl (C=O) groups is 1. The molecule has 10 heteroatoms. The molecule has 2 saturated heterocycles. The zero-order valence-electron chi connectivity index (χ0n) is 18.4. The van der Waals surface area contributed by atoms with Gasteiger partial charge in [0, 0.05) is 38.8 Å². The molecule has 0 spiro atoms. The van der Waals surface area contributed by atoms with Crippen LogP contribution in [-0.4, -0.2) is 87.1 Å². The van der Waals surface area contributed by atoms with Crippen LogP contribution >= 0.6 is 0 Å². The zero-order chi connectivity index (χ0) is 23.5. The van der Waals surface area contributed by atoms with E-state index in [1.807, 2.05) is 30.3 Å². The second-order valence-electron chi connectivity index (χ2n) is 8.55. The van der Waals surface area contributed by atoms with Crippen molar-refractivity contribution in [2.24, 2.45) is 0 Å². The lowest BCUT2D eigenvalue weighted by molar-refractivity contribution is -0.133. The number of hydrogen-bond acceptors (Lipinski definition) is 6. The standard InChI is InChI=1S/C23H29N3O5S2/c27-23(25-14-12-24(13-15-25)21-11-16-32(28,29)19-21)18-26(17-20-7-3-1-4-8-20)33(30,31)22-9-5-2-6-10-22/h1-10,21H,11-19H2/t21-/m1/s1. The molecule has 1 atom stereocenters. The molecule has 8 nitrogen and oxygen atoms in total. The fourth-order valence-corrected chi connectivity index (χ4v) is 7.57. The Hall–Kier alpha value is -2.27. The molecule has 2 aromatic rings. The Morgan fingerprint density at radius 2 is 1.55 bits per heavy atom. The van der Waals surface area contributed by atoms with Crippen LogP contribution in [0.1, 0.15) is 12.0 Å². The molecule has 0 bridgehead atoms. The average Bonchev–Trinajstić information content (AvgIpc) is 3.19. The monoisotopic (exact) mass is 491 g/mol. The molecule has 33 heavy (non-hydrogen) atoms. The van der Waals surface area contributed by atoms with Gasteiger partial charge < -0.3 is 4.90 Å². The minimum atomic E-state index is -3.86. The van der Waals surface area contributed by atoms with Gasteiger partial charge in [0.25, 0.3) is 0 Å². The van der Waals surface area contributed by atoms with Gasteiger partial charge in [-0.05, 0) is 24.1 Å². The van der Waals surface area contributed by atoms with Crippen molar-refractivity contribution in [2.45, 2.75) is 23.9 Å². The van der Waals surface area contributed by atoms with Gasteiger partial charge in [0.1, 0.15) is 0 Å². The Labute approximate surface area is 195 Å². The van der Waals surface area contributed by atoms with Crippen molar-refractivity contribution in [3.8, 4) is 0 Å². The Balaban J connectivity index is 1.44. The van der Waals surface area contributed by atoms with Gasteiger partial charge in [0.2, 0.25) is 15.9 Å².